The molecule has 0 radical (unpaired) electrons. The average molecular weight is 281 g/mol. The lowest BCUT2D eigenvalue weighted by atomic mass is 10.1. The lowest BCUT2D eigenvalue weighted by Gasteiger charge is -2.08. The van der Waals surface area contributed by atoms with Gasteiger partial charge in [-0.25, -0.2) is 4.39 Å². The molecule has 1 atom stereocenters. The number of halogens is 3. The number of rotatable bonds is 3. The fraction of sp³-hybridized carbons (Fsp3) is 0.222. The highest BCUT2D eigenvalue weighted by Gasteiger charge is 2.16. The molecule has 0 aliphatic carbocycles. The molecule has 1 unspecified atom stereocenters. The molecule has 14 heavy (non-hydrogen) atoms. The Labute approximate surface area is 94.4 Å². The van der Waals surface area contributed by atoms with Crippen molar-refractivity contribution in [2.75, 3.05) is 0 Å². The van der Waals surface area contributed by atoms with E-state index in [1.807, 2.05) is 0 Å². The summed E-state index contributed by atoms with van der Waals surface area (Å²) in [7, 11) is 0. The zero-order valence-corrected chi connectivity index (χ0v) is 9.48. The number of benzene rings is 1. The van der Waals surface area contributed by atoms with Crippen molar-refractivity contribution < 1.29 is 9.18 Å². The van der Waals surface area contributed by atoms with Crippen molar-refractivity contribution in [3.8, 4) is 0 Å². The van der Waals surface area contributed by atoms with Crippen LogP contribution in [0.4, 0.5) is 4.39 Å². The SMILES string of the molecule is NC(=O)C(Br)Cc1c(F)cccc1Cl. The maximum Gasteiger partial charge on any atom is 0.231 e. The molecule has 5 heteroatoms. The highest BCUT2D eigenvalue weighted by atomic mass is 79.9. The number of amides is 1. The Morgan fingerprint density at radius 1 is 1.64 bits per heavy atom. The Morgan fingerprint density at radius 2 is 2.29 bits per heavy atom. The minimum Gasteiger partial charge on any atom is -0.369 e. The summed E-state index contributed by atoms with van der Waals surface area (Å²) in [5.74, 6) is -0.965. The lowest BCUT2D eigenvalue weighted by Crippen LogP contribution is -2.25. The molecule has 76 valence electrons. The first-order valence-electron chi connectivity index (χ1n) is 3.88. The Hall–Kier alpha value is -0.610. The molecule has 2 N–H and O–H groups in total. The number of alkyl halides is 1. The molecule has 1 aromatic carbocycles. The van der Waals surface area contributed by atoms with Crippen LogP contribution >= 0.6 is 27.5 Å². The fourth-order valence-electron chi connectivity index (χ4n) is 1.01. The van der Waals surface area contributed by atoms with Crippen LogP contribution in [0.1, 0.15) is 5.56 Å². The first-order chi connectivity index (χ1) is 6.52. The van der Waals surface area contributed by atoms with E-state index in [1.54, 1.807) is 6.07 Å². The molecule has 0 aliphatic rings. The molecular weight excluding hydrogens is 272 g/mol. The lowest BCUT2D eigenvalue weighted by molar-refractivity contribution is -0.117. The smallest absolute Gasteiger partial charge is 0.231 e. The third kappa shape index (κ3) is 2.69. The van der Waals surface area contributed by atoms with Crippen LogP contribution in [0.3, 0.4) is 0 Å². The molecule has 0 heterocycles. The van der Waals surface area contributed by atoms with Crippen LogP contribution in [0.15, 0.2) is 18.2 Å². The number of nitrogens with two attached hydrogens (primary N) is 1. The van der Waals surface area contributed by atoms with E-state index in [4.69, 9.17) is 17.3 Å². The summed E-state index contributed by atoms with van der Waals surface area (Å²) in [5, 5.41) is 0.302. The van der Waals surface area contributed by atoms with Crippen molar-refractivity contribution in [3.63, 3.8) is 0 Å². The molecule has 0 bridgehead atoms. The van der Waals surface area contributed by atoms with E-state index in [-0.39, 0.29) is 6.42 Å². The highest BCUT2D eigenvalue weighted by Crippen LogP contribution is 2.22. The summed E-state index contributed by atoms with van der Waals surface area (Å²) in [6.45, 7) is 0. The number of hydrogen-bond donors (Lipinski definition) is 1. The molecular formula is C9H8BrClFNO. The van der Waals surface area contributed by atoms with Gasteiger partial charge < -0.3 is 5.73 Å². The van der Waals surface area contributed by atoms with Gasteiger partial charge in [0.2, 0.25) is 5.91 Å². The van der Waals surface area contributed by atoms with Gasteiger partial charge in [0.05, 0.1) is 4.83 Å². The van der Waals surface area contributed by atoms with Crippen LogP contribution in [0.5, 0.6) is 0 Å². The van der Waals surface area contributed by atoms with Gasteiger partial charge in [0.15, 0.2) is 0 Å². The summed E-state index contributed by atoms with van der Waals surface area (Å²) in [5.41, 5.74) is 5.33. The van der Waals surface area contributed by atoms with Gasteiger partial charge in [0.25, 0.3) is 0 Å². The minimum atomic E-state index is -0.600. The van der Waals surface area contributed by atoms with Crippen molar-refractivity contribution in [1.82, 2.24) is 0 Å². The molecule has 1 amide bonds. The summed E-state index contributed by atoms with van der Waals surface area (Å²) < 4.78 is 13.2. The Kier molecular flexibility index (Phi) is 3.89. The number of carbonyl (C=O) groups excluding carboxylic acids is 1. The van der Waals surface area contributed by atoms with Crippen LogP contribution < -0.4 is 5.73 Å². The molecule has 0 saturated heterocycles. The maximum absolute atomic E-state index is 13.2. The second-order valence-corrected chi connectivity index (χ2v) is 4.29. The van der Waals surface area contributed by atoms with Crippen LogP contribution in [0.2, 0.25) is 5.02 Å². The second kappa shape index (κ2) is 4.75. The van der Waals surface area contributed by atoms with Crippen molar-refractivity contribution in [2.45, 2.75) is 11.2 Å². The van der Waals surface area contributed by atoms with Gasteiger partial charge in [-0.05, 0) is 18.6 Å². The molecule has 1 rings (SSSR count). The topological polar surface area (TPSA) is 43.1 Å². The first-order valence-corrected chi connectivity index (χ1v) is 5.18. The summed E-state index contributed by atoms with van der Waals surface area (Å²) in [6.07, 6.45) is 0.154. The normalized spacial score (nSPS) is 12.5. The molecule has 0 spiro atoms. The van der Waals surface area contributed by atoms with E-state index >= 15 is 0 Å². The summed E-state index contributed by atoms with van der Waals surface area (Å²) in [4.78, 5) is 10.1. The molecule has 0 fully saturated rings. The van der Waals surface area contributed by atoms with Gasteiger partial charge in [-0.3, -0.25) is 4.79 Å². The van der Waals surface area contributed by atoms with Gasteiger partial charge >= 0.3 is 0 Å². The van der Waals surface area contributed by atoms with E-state index in [1.165, 1.54) is 12.1 Å². The summed E-state index contributed by atoms with van der Waals surface area (Å²) >= 11 is 8.81. The van der Waals surface area contributed by atoms with Crippen LogP contribution in [0.25, 0.3) is 0 Å². The average Bonchev–Trinajstić information content (AvgIpc) is 2.11. The Morgan fingerprint density at radius 3 is 2.79 bits per heavy atom. The van der Waals surface area contributed by atoms with Gasteiger partial charge in [-0.2, -0.15) is 0 Å². The predicted octanol–water partition coefficient (Wildman–Crippen LogP) is 2.27. The number of hydrogen-bond acceptors (Lipinski definition) is 1. The van der Waals surface area contributed by atoms with Gasteiger partial charge in [-0.15, -0.1) is 0 Å². The highest BCUT2D eigenvalue weighted by molar-refractivity contribution is 9.10. The quantitative estimate of drug-likeness (QED) is 0.848. The van der Waals surface area contributed by atoms with E-state index in [9.17, 15) is 9.18 Å². The molecule has 0 aliphatic heterocycles. The predicted molar refractivity (Wildman–Crippen MR) is 57.0 cm³/mol. The number of carbonyl (C=O) groups is 1. The van der Waals surface area contributed by atoms with E-state index in [2.05, 4.69) is 15.9 Å². The van der Waals surface area contributed by atoms with Crippen LogP contribution in [-0.2, 0) is 11.2 Å². The Balaban J connectivity index is 2.91. The monoisotopic (exact) mass is 279 g/mol. The zero-order valence-electron chi connectivity index (χ0n) is 7.14. The van der Waals surface area contributed by atoms with Crippen LogP contribution in [0, 0.1) is 5.82 Å². The first kappa shape index (κ1) is 11.5. The van der Waals surface area contributed by atoms with E-state index < -0.39 is 16.6 Å². The number of primary amides is 1. The van der Waals surface area contributed by atoms with Crippen molar-refractivity contribution in [2.24, 2.45) is 5.73 Å². The fourth-order valence-corrected chi connectivity index (χ4v) is 1.57. The maximum atomic E-state index is 13.2. The van der Waals surface area contributed by atoms with Gasteiger partial charge in [0, 0.05) is 10.6 Å². The largest absolute Gasteiger partial charge is 0.369 e. The van der Waals surface area contributed by atoms with E-state index in [0.29, 0.717) is 10.6 Å². The zero-order chi connectivity index (χ0) is 10.7. The Bertz CT molecular complexity index is 338. The third-order valence-corrected chi connectivity index (χ3v) is 2.88. The molecule has 1 aromatic rings. The van der Waals surface area contributed by atoms with Gasteiger partial charge in [-0.1, -0.05) is 33.6 Å². The van der Waals surface area contributed by atoms with Crippen molar-refractivity contribution in [1.29, 1.82) is 0 Å². The summed E-state index contributed by atoms with van der Waals surface area (Å²) in [6, 6.07) is 4.37. The van der Waals surface area contributed by atoms with E-state index in [0.717, 1.165) is 0 Å². The molecule has 2 nitrogen and oxygen atoms in total. The molecule has 0 saturated carbocycles. The van der Waals surface area contributed by atoms with Crippen molar-refractivity contribution >= 4 is 33.4 Å². The third-order valence-electron chi connectivity index (χ3n) is 1.75. The van der Waals surface area contributed by atoms with Gasteiger partial charge in [0.1, 0.15) is 5.82 Å². The second-order valence-electron chi connectivity index (χ2n) is 2.77. The molecule has 0 aromatic heterocycles. The minimum absolute atomic E-state index is 0.154. The van der Waals surface area contributed by atoms with Crippen LogP contribution in [-0.4, -0.2) is 10.7 Å². The standard InChI is InChI=1S/C9H8BrClFNO/c10-6(9(13)14)4-5-7(11)2-1-3-8(5)12/h1-3,6H,4H2,(H2,13,14). The van der Waals surface area contributed by atoms with Crippen molar-refractivity contribution in [3.05, 3.63) is 34.6 Å².